The maximum absolute atomic E-state index is 12.8. The van der Waals surface area contributed by atoms with E-state index in [1.54, 1.807) is 13.3 Å². The van der Waals surface area contributed by atoms with Gasteiger partial charge in [0.15, 0.2) is 11.5 Å². The normalized spacial score (nSPS) is 15.7. The van der Waals surface area contributed by atoms with Gasteiger partial charge in [-0.1, -0.05) is 17.7 Å². The molecule has 2 aromatic rings. The topological polar surface area (TPSA) is 63.7 Å². The van der Waals surface area contributed by atoms with Gasteiger partial charge in [-0.25, -0.2) is 4.98 Å². The Morgan fingerprint density at radius 2 is 1.90 bits per heavy atom. The van der Waals surface area contributed by atoms with Crippen molar-refractivity contribution in [2.75, 3.05) is 25.1 Å². The van der Waals surface area contributed by atoms with E-state index < -0.39 is 0 Å². The summed E-state index contributed by atoms with van der Waals surface area (Å²) >= 11 is 5.92. The Hall–Kier alpha value is -2.47. The first-order valence-electron chi connectivity index (χ1n) is 10.4. The molecule has 0 radical (unpaired) electrons. The molecule has 1 aliphatic rings. The van der Waals surface area contributed by atoms with Gasteiger partial charge < -0.3 is 19.7 Å². The Kier molecular flexibility index (Phi) is 7.43. The highest BCUT2D eigenvalue weighted by Crippen LogP contribution is 2.31. The fraction of sp³-hybridized carbons (Fsp3) is 0.478. The Bertz CT molecular complexity index is 849. The van der Waals surface area contributed by atoms with Gasteiger partial charge in [0, 0.05) is 25.2 Å². The van der Waals surface area contributed by atoms with Crippen LogP contribution >= 0.6 is 11.6 Å². The minimum Gasteiger partial charge on any atom is -0.493 e. The first-order valence-corrected chi connectivity index (χ1v) is 10.8. The number of nitrogens with one attached hydrogen (secondary N) is 1. The molecule has 6 nitrogen and oxygen atoms in total. The monoisotopic (exact) mass is 431 g/mol. The van der Waals surface area contributed by atoms with Crippen molar-refractivity contribution in [3.8, 4) is 11.5 Å². The van der Waals surface area contributed by atoms with E-state index in [-0.39, 0.29) is 24.0 Å². The highest BCUT2D eigenvalue weighted by Gasteiger charge is 2.26. The van der Waals surface area contributed by atoms with Crippen LogP contribution in [0.3, 0.4) is 0 Å². The molecule has 0 bridgehead atoms. The summed E-state index contributed by atoms with van der Waals surface area (Å²) < 4.78 is 11.2. The lowest BCUT2D eigenvalue weighted by Crippen LogP contribution is -2.41. The third kappa shape index (κ3) is 5.57. The van der Waals surface area contributed by atoms with E-state index >= 15 is 0 Å². The molecule has 1 N–H and O–H groups in total. The van der Waals surface area contributed by atoms with Gasteiger partial charge in [0.1, 0.15) is 5.82 Å². The maximum Gasteiger partial charge on any atom is 0.223 e. The molecule has 1 aromatic carbocycles. The van der Waals surface area contributed by atoms with Crippen LogP contribution in [0.2, 0.25) is 5.02 Å². The second-order valence-corrected chi connectivity index (χ2v) is 8.34. The summed E-state index contributed by atoms with van der Waals surface area (Å²) in [6.07, 6.45) is 3.32. The summed E-state index contributed by atoms with van der Waals surface area (Å²) in [4.78, 5) is 19.4. The van der Waals surface area contributed by atoms with Crippen molar-refractivity contribution in [3.05, 3.63) is 47.1 Å². The average Bonchev–Trinajstić information content (AvgIpc) is 2.74. The van der Waals surface area contributed by atoms with Crippen LogP contribution in [0.4, 0.5) is 5.82 Å². The largest absolute Gasteiger partial charge is 0.493 e. The lowest BCUT2D eigenvalue weighted by molar-refractivity contribution is -0.126. The molecule has 0 saturated carbocycles. The minimum atomic E-state index is -0.115. The van der Waals surface area contributed by atoms with Crippen molar-refractivity contribution >= 4 is 23.3 Å². The summed E-state index contributed by atoms with van der Waals surface area (Å²) in [6, 6.07) is 9.45. The summed E-state index contributed by atoms with van der Waals surface area (Å²) in [7, 11) is 1.62. The molecule has 1 atom stereocenters. The molecule has 0 aliphatic carbocycles. The predicted octanol–water partition coefficient (Wildman–Crippen LogP) is 4.62. The molecule has 1 aliphatic heterocycles. The van der Waals surface area contributed by atoms with Crippen molar-refractivity contribution in [2.24, 2.45) is 5.92 Å². The molecule has 1 amide bonds. The third-order valence-corrected chi connectivity index (χ3v) is 5.53. The van der Waals surface area contributed by atoms with Crippen molar-refractivity contribution in [1.29, 1.82) is 0 Å². The van der Waals surface area contributed by atoms with E-state index in [9.17, 15) is 4.79 Å². The molecule has 1 saturated heterocycles. The molecule has 1 unspecified atom stereocenters. The number of hydrogen-bond donors (Lipinski definition) is 1. The van der Waals surface area contributed by atoms with E-state index in [4.69, 9.17) is 21.1 Å². The Balaban J connectivity index is 1.56. The summed E-state index contributed by atoms with van der Waals surface area (Å²) in [5.41, 5.74) is 0.985. The van der Waals surface area contributed by atoms with Gasteiger partial charge in [0.2, 0.25) is 5.91 Å². The number of benzene rings is 1. The maximum atomic E-state index is 12.8. The highest BCUT2D eigenvalue weighted by atomic mass is 35.5. The highest BCUT2D eigenvalue weighted by molar-refractivity contribution is 6.30. The van der Waals surface area contributed by atoms with Crippen LogP contribution in [0, 0.1) is 5.92 Å². The molecule has 7 heteroatoms. The number of aromatic nitrogens is 1. The van der Waals surface area contributed by atoms with Gasteiger partial charge in [-0.05, 0) is 63.4 Å². The van der Waals surface area contributed by atoms with Gasteiger partial charge in [0.25, 0.3) is 0 Å². The number of carbonyl (C=O) groups is 1. The van der Waals surface area contributed by atoms with Crippen LogP contribution in [0.25, 0.3) is 0 Å². The number of amides is 1. The van der Waals surface area contributed by atoms with Crippen LogP contribution in [-0.2, 0) is 4.79 Å². The van der Waals surface area contributed by atoms with Crippen LogP contribution in [-0.4, -0.2) is 37.2 Å². The number of carbonyl (C=O) groups excluding carboxylic acids is 1. The van der Waals surface area contributed by atoms with E-state index in [1.165, 1.54) is 0 Å². The second-order valence-electron chi connectivity index (χ2n) is 7.90. The lowest BCUT2D eigenvalue weighted by atomic mass is 9.95. The molecule has 30 heavy (non-hydrogen) atoms. The first-order chi connectivity index (χ1) is 14.4. The Morgan fingerprint density at radius 1 is 1.17 bits per heavy atom. The smallest absolute Gasteiger partial charge is 0.223 e. The Morgan fingerprint density at radius 3 is 2.50 bits per heavy atom. The molecule has 3 rings (SSSR count). The van der Waals surface area contributed by atoms with Crippen LogP contribution < -0.4 is 19.7 Å². The van der Waals surface area contributed by atoms with E-state index in [0.29, 0.717) is 16.5 Å². The standard InChI is InChI=1S/C23H30ClN3O3/c1-15(2)30-20-7-5-18(13-21(20)29-4)16(3)26-23(28)17-9-11-27(12-10-17)22-8-6-19(24)14-25-22/h5-8,13-17H,9-12H2,1-4H3,(H,26,28). The van der Waals surface area contributed by atoms with Crippen molar-refractivity contribution in [2.45, 2.75) is 45.8 Å². The van der Waals surface area contributed by atoms with Crippen molar-refractivity contribution in [1.82, 2.24) is 10.3 Å². The van der Waals surface area contributed by atoms with Gasteiger partial charge >= 0.3 is 0 Å². The molecule has 1 fully saturated rings. The first kappa shape index (κ1) is 22.2. The van der Waals surface area contributed by atoms with Gasteiger partial charge in [-0.15, -0.1) is 0 Å². The quantitative estimate of drug-likeness (QED) is 0.692. The molecule has 162 valence electrons. The molecular weight excluding hydrogens is 402 g/mol. The van der Waals surface area contributed by atoms with Gasteiger partial charge in [0.05, 0.1) is 24.3 Å². The van der Waals surface area contributed by atoms with Crippen molar-refractivity contribution < 1.29 is 14.3 Å². The third-order valence-electron chi connectivity index (χ3n) is 5.31. The van der Waals surface area contributed by atoms with E-state index in [1.807, 2.05) is 51.1 Å². The lowest BCUT2D eigenvalue weighted by Gasteiger charge is -2.32. The second kappa shape index (κ2) is 10.0. The average molecular weight is 432 g/mol. The number of hydrogen-bond acceptors (Lipinski definition) is 5. The zero-order chi connectivity index (χ0) is 21.7. The zero-order valence-corrected chi connectivity index (χ0v) is 18.8. The van der Waals surface area contributed by atoms with Crippen LogP contribution in [0.5, 0.6) is 11.5 Å². The van der Waals surface area contributed by atoms with E-state index in [0.717, 1.165) is 37.3 Å². The van der Waals surface area contributed by atoms with Gasteiger partial charge in [-0.3, -0.25) is 4.79 Å². The van der Waals surface area contributed by atoms with E-state index in [2.05, 4.69) is 15.2 Å². The summed E-state index contributed by atoms with van der Waals surface area (Å²) in [5.74, 6) is 2.38. The number of pyridine rings is 1. The summed E-state index contributed by atoms with van der Waals surface area (Å²) in [5, 5.41) is 3.78. The fourth-order valence-electron chi connectivity index (χ4n) is 3.65. The number of anilines is 1. The fourth-order valence-corrected chi connectivity index (χ4v) is 3.76. The minimum absolute atomic E-state index is 0.00134. The number of methoxy groups -OCH3 is 1. The number of piperidine rings is 1. The molecular formula is C23H30ClN3O3. The number of rotatable bonds is 7. The van der Waals surface area contributed by atoms with Crippen LogP contribution in [0.1, 0.15) is 45.2 Å². The van der Waals surface area contributed by atoms with Crippen LogP contribution in [0.15, 0.2) is 36.5 Å². The van der Waals surface area contributed by atoms with Crippen molar-refractivity contribution in [3.63, 3.8) is 0 Å². The number of ether oxygens (including phenoxy) is 2. The number of nitrogens with zero attached hydrogens (tertiary/aromatic N) is 2. The Labute approximate surface area is 183 Å². The molecule has 1 aromatic heterocycles. The van der Waals surface area contributed by atoms with Gasteiger partial charge in [-0.2, -0.15) is 0 Å². The predicted molar refractivity (Wildman–Crippen MR) is 119 cm³/mol. The summed E-state index contributed by atoms with van der Waals surface area (Å²) in [6.45, 7) is 7.55. The number of halogens is 1. The molecule has 2 heterocycles. The molecule has 0 spiro atoms. The SMILES string of the molecule is COc1cc(C(C)NC(=O)C2CCN(c3ccc(Cl)cn3)CC2)ccc1OC(C)C. The zero-order valence-electron chi connectivity index (χ0n) is 18.0.